The van der Waals surface area contributed by atoms with Gasteiger partial charge in [0.1, 0.15) is 0 Å². The van der Waals surface area contributed by atoms with E-state index in [1.807, 2.05) is 0 Å². The van der Waals surface area contributed by atoms with Gasteiger partial charge in [-0.15, -0.1) is 0 Å². The molecule has 6 heteroatoms. The Bertz CT molecular complexity index is 4850. The standard InChI is InChI=1S/C80H52B2N4/c1-7-25-51(26-8-1)75-67-49-68-72(50-71(67)81-77-65(63-41-23-39-61-59-37-19-21-43-73(59)85(81)79(61)63)45-57(47-69(75)77)83(53-29-11-3-12-30-53)54-31-13-4-14-32-54)82-78-66(64-42-24-40-62-60-38-20-22-44-74(60)86(82)80(62)64)46-58(48-70(78)76(68)52-27-9-2-10-28-52)84(55-33-15-5-16-34-55)56-35-17-6-18-36-56/h1-50,75-76H. The van der Waals surface area contributed by atoms with Crippen LogP contribution in [0.5, 0.6) is 0 Å². The minimum atomic E-state index is -0.144. The van der Waals surface area contributed by atoms with Crippen LogP contribution in [-0.4, -0.2) is 22.7 Å². The molecule has 6 heterocycles. The first-order chi connectivity index (χ1) is 42.7. The highest BCUT2D eigenvalue weighted by molar-refractivity contribution is 6.91. The van der Waals surface area contributed by atoms with Gasteiger partial charge in [-0.1, -0.05) is 218 Å². The molecule has 13 aromatic carbocycles. The predicted molar refractivity (Wildman–Crippen MR) is 361 cm³/mol. The molecule has 86 heavy (non-hydrogen) atoms. The lowest BCUT2D eigenvalue weighted by Gasteiger charge is -2.43. The van der Waals surface area contributed by atoms with Gasteiger partial charge in [0.25, 0.3) is 0 Å². The van der Waals surface area contributed by atoms with Crippen molar-refractivity contribution in [3.63, 3.8) is 0 Å². The van der Waals surface area contributed by atoms with Crippen molar-refractivity contribution in [2.24, 2.45) is 0 Å². The number of nitrogens with zero attached hydrogens (tertiary/aromatic N) is 4. The van der Waals surface area contributed by atoms with Gasteiger partial charge in [0, 0.05) is 101 Å². The van der Waals surface area contributed by atoms with Crippen molar-refractivity contribution in [2.75, 3.05) is 9.80 Å². The highest BCUT2D eigenvalue weighted by Gasteiger charge is 2.49. The van der Waals surface area contributed by atoms with E-state index < -0.39 is 0 Å². The van der Waals surface area contributed by atoms with Crippen LogP contribution in [0.4, 0.5) is 34.1 Å². The maximum atomic E-state index is 2.74. The summed E-state index contributed by atoms with van der Waals surface area (Å²) < 4.78 is 5.49. The van der Waals surface area contributed by atoms with Gasteiger partial charge >= 0.3 is 13.7 Å². The Balaban J connectivity index is 0.969. The minimum Gasteiger partial charge on any atom is -0.375 e. The fourth-order valence-corrected chi connectivity index (χ4v) is 16.2. The van der Waals surface area contributed by atoms with Crippen molar-refractivity contribution >= 4 is 113 Å². The van der Waals surface area contributed by atoms with Gasteiger partial charge in [0.2, 0.25) is 0 Å². The summed E-state index contributed by atoms with van der Waals surface area (Å²) in [5.74, 6) is -0.231. The van der Waals surface area contributed by atoms with Gasteiger partial charge < -0.3 is 18.8 Å². The molecule has 4 aliphatic rings. The molecule has 0 saturated heterocycles. The van der Waals surface area contributed by atoms with E-state index in [4.69, 9.17) is 0 Å². The Morgan fingerprint density at radius 3 is 0.977 bits per heavy atom. The summed E-state index contributed by atoms with van der Waals surface area (Å²) in [5.41, 5.74) is 30.4. The summed E-state index contributed by atoms with van der Waals surface area (Å²) in [5, 5.41) is 5.13. The fraction of sp³-hybridized carbons (Fsp3) is 0.0250. The molecule has 0 spiro atoms. The number of benzene rings is 13. The van der Waals surface area contributed by atoms with Gasteiger partial charge in [0.15, 0.2) is 0 Å². The maximum absolute atomic E-state index is 2.74. The van der Waals surface area contributed by atoms with Gasteiger partial charge in [-0.3, -0.25) is 0 Å². The second kappa shape index (κ2) is 18.3. The van der Waals surface area contributed by atoms with E-state index in [1.165, 1.54) is 121 Å². The van der Waals surface area contributed by atoms with Crippen LogP contribution in [0.1, 0.15) is 45.2 Å². The largest absolute Gasteiger partial charge is 0.375 e. The monoisotopic (exact) mass is 1090 g/mol. The Kier molecular flexibility index (Phi) is 10.2. The molecule has 0 aliphatic carbocycles. The normalized spacial score (nSPS) is 14.7. The molecule has 0 saturated carbocycles. The molecule has 0 N–H and O–H groups in total. The fourth-order valence-electron chi connectivity index (χ4n) is 16.2. The van der Waals surface area contributed by atoms with Crippen LogP contribution >= 0.6 is 0 Å². The Morgan fingerprint density at radius 2 is 0.593 bits per heavy atom. The quantitative estimate of drug-likeness (QED) is 0.141. The number of anilines is 6. The third kappa shape index (κ3) is 6.67. The lowest BCUT2D eigenvalue weighted by molar-refractivity contribution is 0.945. The molecule has 0 fully saturated rings. The predicted octanol–water partition coefficient (Wildman–Crippen LogP) is 17.1. The molecule has 0 amide bonds. The molecule has 0 bridgehead atoms. The lowest BCUT2D eigenvalue weighted by atomic mass is 9.37. The first kappa shape index (κ1) is 47.7. The highest BCUT2D eigenvalue weighted by atomic mass is 15.1. The van der Waals surface area contributed by atoms with E-state index in [0.717, 1.165) is 34.1 Å². The molecule has 19 rings (SSSR count). The van der Waals surface area contributed by atoms with Crippen LogP contribution in [0.25, 0.3) is 65.9 Å². The zero-order valence-electron chi connectivity index (χ0n) is 47.0. The molecule has 15 aromatic rings. The Morgan fingerprint density at radius 1 is 0.256 bits per heavy atom. The van der Waals surface area contributed by atoms with Gasteiger partial charge in [-0.05, 0) is 151 Å². The maximum Gasteiger partial charge on any atom is 0.329 e. The molecule has 4 nitrogen and oxygen atoms in total. The Labute approximate surface area is 499 Å². The summed E-state index contributed by atoms with van der Waals surface area (Å²) in [6.07, 6.45) is 0. The van der Waals surface area contributed by atoms with Crippen molar-refractivity contribution in [1.29, 1.82) is 0 Å². The number of para-hydroxylation sites is 8. The lowest BCUT2D eigenvalue weighted by Crippen LogP contribution is -2.62. The first-order valence-corrected chi connectivity index (χ1v) is 30.2. The van der Waals surface area contributed by atoms with Crippen LogP contribution in [0.15, 0.2) is 303 Å². The summed E-state index contributed by atoms with van der Waals surface area (Å²) in [4.78, 5) is 4.94. The van der Waals surface area contributed by atoms with Crippen molar-refractivity contribution in [2.45, 2.75) is 11.8 Å². The number of fused-ring (bicyclic) bond motifs is 14. The number of hydrogen-bond acceptors (Lipinski definition) is 2. The van der Waals surface area contributed by atoms with Crippen molar-refractivity contribution in [3.8, 4) is 22.3 Å². The number of aromatic nitrogens is 2. The van der Waals surface area contributed by atoms with E-state index in [9.17, 15) is 0 Å². The molecule has 0 radical (unpaired) electrons. The summed E-state index contributed by atoms with van der Waals surface area (Å²) >= 11 is 0. The van der Waals surface area contributed by atoms with Crippen LogP contribution in [0, 0.1) is 0 Å². The second-order valence-corrected chi connectivity index (χ2v) is 23.8. The van der Waals surface area contributed by atoms with Crippen LogP contribution in [0.2, 0.25) is 0 Å². The van der Waals surface area contributed by atoms with E-state index >= 15 is 0 Å². The van der Waals surface area contributed by atoms with Gasteiger partial charge in [0.05, 0.1) is 0 Å². The van der Waals surface area contributed by atoms with Gasteiger partial charge in [-0.2, -0.15) is 0 Å². The zero-order valence-corrected chi connectivity index (χ0v) is 47.0. The molecule has 2 unspecified atom stereocenters. The summed E-state index contributed by atoms with van der Waals surface area (Å²) in [6, 6.07) is 115. The molecule has 2 aromatic heterocycles. The number of rotatable bonds is 8. The molecular formula is C80H52B2N4. The van der Waals surface area contributed by atoms with E-state index in [2.05, 4.69) is 322 Å². The first-order valence-electron chi connectivity index (χ1n) is 30.2. The van der Waals surface area contributed by atoms with Crippen molar-refractivity contribution < 1.29 is 0 Å². The minimum absolute atomic E-state index is 0.116. The second-order valence-electron chi connectivity index (χ2n) is 23.8. The van der Waals surface area contributed by atoms with Crippen molar-refractivity contribution in [1.82, 2.24) is 8.96 Å². The third-order valence-corrected chi connectivity index (χ3v) is 19.5. The van der Waals surface area contributed by atoms with Crippen molar-refractivity contribution in [3.05, 3.63) is 337 Å². The zero-order chi connectivity index (χ0) is 56.1. The molecule has 2 atom stereocenters. The van der Waals surface area contributed by atoms with E-state index in [1.54, 1.807) is 0 Å². The third-order valence-electron chi connectivity index (χ3n) is 19.5. The summed E-state index contributed by atoms with van der Waals surface area (Å²) in [7, 11) is 0. The molecule has 4 aliphatic heterocycles. The van der Waals surface area contributed by atoms with Crippen LogP contribution in [-0.2, 0) is 0 Å². The SMILES string of the molecule is c1ccc(C2c3cc4c(cc3B3c5c(cc(N(c6ccccc6)c6ccccc6)cc52)-c2cccc5c6ccccc6n3c25)B2c3c(cc(N(c5ccccc5)c5ccccc5)cc3C4c3ccccc3)-c3cccc4c5ccccc5n2c34)cc1. The average Bonchev–Trinajstić information content (AvgIpc) is 1.31. The Hall–Kier alpha value is -10.8. The average molecular weight is 1090 g/mol. The smallest absolute Gasteiger partial charge is 0.329 e. The number of hydrogen-bond donors (Lipinski definition) is 0. The topological polar surface area (TPSA) is 16.3 Å². The van der Waals surface area contributed by atoms with E-state index in [0.29, 0.717) is 0 Å². The van der Waals surface area contributed by atoms with Gasteiger partial charge in [-0.25, -0.2) is 0 Å². The van der Waals surface area contributed by atoms with Crippen LogP contribution < -0.4 is 31.7 Å². The van der Waals surface area contributed by atoms with E-state index in [-0.39, 0.29) is 25.5 Å². The van der Waals surface area contributed by atoms with Crippen LogP contribution in [0.3, 0.4) is 0 Å². The molecular weight excluding hydrogens is 1040 g/mol. The highest BCUT2D eigenvalue weighted by Crippen LogP contribution is 2.51. The summed E-state index contributed by atoms with van der Waals surface area (Å²) in [6.45, 7) is -0.288. The molecule has 398 valence electrons.